The summed E-state index contributed by atoms with van der Waals surface area (Å²) in [6.07, 6.45) is 1.59. The third-order valence-corrected chi connectivity index (χ3v) is 3.92. The maximum absolute atomic E-state index is 11.9. The molecule has 20 heavy (non-hydrogen) atoms. The van der Waals surface area contributed by atoms with Gasteiger partial charge >= 0.3 is 5.97 Å². The largest absolute Gasteiger partial charge is 0.465 e. The van der Waals surface area contributed by atoms with Gasteiger partial charge in [-0.15, -0.1) is 0 Å². The van der Waals surface area contributed by atoms with Crippen molar-refractivity contribution in [1.29, 1.82) is 0 Å². The number of nitrogens with one attached hydrogen (secondary N) is 1. The lowest BCUT2D eigenvalue weighted by atomic mass is 10.1. The molecule has 6 heteroatoms. The molecule has 1 aromatic carbocycles. The first-order valence-electron chi connectivity index (χ1n) is 6.46. The van der Waals surface area contributed by atoms with E-state index in [-0.39, 0.29) is 0 Å². The standard InChI is InChI=1S/C14H15ClN2O3/c1-19-14(18)10-8-11(17-5-3-16-4-6-17)13-9(12(10)15)2-7-20-13/h2,7-8,16H,3-6H2,1H3. The molecular weight excluding hydrogens is 280 g/mol. The highest BCUT2D eigenvalue weighted by Gasteiger charge is 2.22. The van der Waals surface area contributed by atoms with E-state index in [1.807, 2.05) is 0 Å². The van der Waals surface area contributed by atoms with Gasteiger partial charge in [-0.05, 0) is 12.1 Å². The number of ether oxygens (including phenoxy) is 1. The number of halogens is 1. The highest BCUT2D eigenvalue weighted by molar-refractivity contribution is 6.38. The molecule has 0 amide bonds. The van der Waals surface area contributed by atoms with E-state index in [4.69, 9.17) is 20.8 Å². The number of fused-ring (bicyclic) bond motifs is 1. The maximum atomic E-state index is 11.9. The van der Waals surface area contributed by atoms with Gasteiger partial charge in [0.05, 0.1) is 29.6 Å². The number of carbonyl (C=O) groups is 1. The number of esters is 1. The minimum Gasteiger partial charge on any atom is -0.465 e. The SMILES string of the molecule is COC(=O)c1cc(N2CCNCC2)c2occc2c1Cl. The summed E-state index contributed by atoms with van der Waals surface area (Å²) in [5, 5.41) is 4.41. The predicted molar refractivity (Wildman–Crippen MR) is 77.6 cm³/mol. The van der Waals surface area contributed by atoms with Crippen molar-refractivity contribution in [3.8, 4) is 0 Å². The van der Waals surface area contributed by atoms with Crippen molar-refractivity contribution < 1.29 is 13.9 Å². The first-order chi connectivity index (χ1) is 9.72. The van der Waals surface area contributed by atoms with Gasteiger partial charge in [0.15, 0.2) is 5.58 Å². The summed E-state index contributed by atoms with van der Waals surface area (Å²) in [5.41, 5.74) is 1.97. The van der Waals surface area contributed by atoms with Crippen LogP contribution in [0.1, 0.15) is 10.4 Å². The Labute approximate surface area is 121 Å². The smallest absolute Gasteiger partial charge is 0.339 e. The third-order valence-electron chi connectivity index (χ3n) is 3.51. The molecule has 2 heterocycles. The average Bonchev–Trinajstić information content (AvgIpc) is 2.98. The van der Waals surface area contributed by atoms with Crippen LogP contribution in [0.15, 0.2) is 22.8 Å². The van der Waals surface area contributed by atoms with Crippen molar-refractivity contribution in [2.75, 3.05) is 38.2 Å². The van der Waals surface area contributed by atoms with Gasteiger partial charge in [0, 0.05) is 31.6 Å². The Morgan fingerprint density at radius 2 is 2.20 bits per heavy atom. The molecule has 5 nitrogen and oxygen atoms in total. The molecule has 106 valence electrons. The van der Waals surface area contributed by atoms with E-state index in [9.17, 15) is 4.79 Å². The zero-order valence-corrected chi connectivity index (χ0v) is 11.9. The average molecular weight is 295 g/mol. The normalized spacial score (nSPS) is 15.6. The van der Waals surface area contributed by atoms with Crippen LogP contribution in [0.5, 0.6) is 0 Å². The summed E-state index contributed by atoms with van der Waals surface area (Å²) in [6.45, 7) is 3.52. The summed E-state index contributed by atoms with van der Waals surface area (Å²) in [5.74, 6) is -0.436. The van der Waals surface area contributed by atoms with E-state index in [1.165, 1.54) is 7.11 Å². The number of hydrogen-bond donors (Lipinski definition) is 1. The molecular formula is C14H15ClN2O3. The molecule has 1 aromatic heterocycles. The summed E-state index contributed by atoms with van der Waals surface area (Å²) >= 11 is 6.28. The summed E-state index contributed by atoms with van der Waals surface area (Å²) in [4.78, 5) is 14.1. The van der Waals surface area contributed by atoms with Gasteiger partial charge in [0.2, 0.25) is 0 Å². The van der Waals surface area contributed by atoms with Gasteiger partial charge in [0.1, 0.15) is 0 Å². The van der Waals surface area contributed by atoms with Crippen LogP contribution in [0.2, 0.25) is 5.02 Å². The Morgan fingerprint density at radius 3 is 2.90 bits per heavy atom. The molecule has 1 aliphatic heterocycles. The van der Waals surface area contributed by atoms with Crippen LogP contribution in [0.25, 0.3) is 11.0 Å². The molecule has 0 spiro atoms. The van der Waals surface area contributed by atoms with Crippen LogP contribution in [0, 0.1) is 0 Å². The van der Waals surface area contributed by atoms with E-state index < -0.39 is 5.97 Å². The number of hydrogen-bond acceptors (Lipinski definition) is 5. The Balaban J connectivity index is 2.16. The van der Waals surface area contributed by atoms with Crippen molar-refractivity contribution in [2.24, 2.45) is 0 Å². The van der Waals surface area contributed by atoms with Gasteiger partial charge in [-0.3, -0.25) is 0 Å². The number of piperazine rings is 1. The second-order valence-electron chi connectivity index (χ2n) is 4.65. The van der Waals surface area contributed by atoms with Crippen molar-refractivity contribution in [3.05, 3.63) is 29.0 Å². The van der Waals surface area contributed by atoms with Crippen molar-refractivity contribution in [1.82, 2.24) is 5.32 Å². The monoisotopic (exact) mass is 294 g/mol. The van der Waals surface area contributed by atoms with Crippen molar-refractivity contribution in [3.63, 3.8) is 0 Å². The molecule has 0 radical (unpaired) electrons. The zero-order chi connectivity index (χ0) is 14.1. The lowest BCUT2D eigenvalue weighted by Crippen LogP contribution is -2.43. The highest BCUT2D eigenvalue weighted by Crippen LogP contribution is 2.36. The van der Waals surface area contributed by atoms with Crippen LogP contribution in [0.3, 0.4) is 0 Å². The van der Waals surface area contributed by atoms with Crippen LogP contribution >= 0.6 is 11.6 Å². The van der Waals surface area contributed by atoms with Crippen LogP contribution in [-0.4, -0.2) is 39.3 Å². The lowest BCUT2D eigenvalue weighted by molar-refractivity contribution is 0.0601. The lowest BCUT2D eigenvalue weighted by Gasteiger charge is -2.29. The fourth-order valence-electron chi connectivity index (χ4n) is 2.49. The summed E-state index contributed by atoms with van der Waals surface area (Å²) in [7, 11) is 1.35. The van der Waals surface area contributed by atoms with E-state index in [0.29, 0.717) is 16.2 Å². The third kappa shape index (κ3) is 2.13. The molecule has 0 unspecified atom stereocenters. The molecule has 1 fully saturated rings. The predicted octanol–water partition coefficient (Wildman–Crippen LogP) is 2.28. The number of carbonyl (C=O) groups excluding carboxylic acids is 1. The molecule has 3 rings (SSSR count). The molecule has 2 aromatic rings. The van der Waals surface area contributed by atoms with Gasteiger partial charge in [0.25, 0.3) is 0 Å². The molecule has 0 bridgehead atoms. The molecule has 0 aliphatic carbocycles. The number of rotatable bonds is 2. The first-order valence-corrected chi connectivity index (χ1v) is 6.84. The molecule has 1 N–H and O–H groups in total. The van der Waals surface area contributed by atoms with Gasteiger partial charge in [-0.2, -0.15) is 0 Å². The van der Waals surface area contributed by atoms with Gasteiger partial charge < -0.3 is 19.4 Å². The number of nitrogens with zero attached hydrogens (tertiary/aromatic N) is 1. The van der Waals surface area contributed by atoms with Crippen molar-refractivity contribution >= 4 is 34.2 Å². The molecule has 0 atom stereocenters. The van der Waals surface area contributed by atoms with E-state index >= 15 is 0 Å². The van der Waals surface area contributed by atoms with Crippen LogP contribution in [-0.2, 0) is 4.74 Å². The van der Waals surface area contributed by atoms with Crippen LogP contribution in [0.4, 0.5) is 5.69 Å². The zero-order valence-electron chi connectivity index (χ0n) is 11.1. The van der Waals surface area contributed by atoms with Gasteiger partial charge in [-0.1, -0.05) is 11.6 Å². The minimum atomic E-state index is -0.436. The Morgan fingerprint density at radius 1 is 1.45 bits per heavy atom. The fourth-order valence-corrected chi connectivity index (χ4v) is 2.77. The minimum absolute atomic E-state index is 0.372. The van der Waals surface area contributed by atoms with E-state index in [2.05, 4.69) is 10.2 Å². The summed E-state index contributed by atoms with van der Waals surface area (Å²) < 4.78 is 10.4. The number of benzene rings is 1. The fraction of sp³-hybridized carbons (Fsp3) is 0.357. The first kappa shape index (κ1) is 13.3. The second kappa shape index (κ2) is 5.34. The van der Waals surface area contributed by atoms with Gasteiger partial charge in [-0.25, -0.2) is 4.79 Å². The number of anilines is 1. The topological polar surface area (TPSA) is 54.7 Å². The molecule has 1 saturated heterocycles. The van der Waals surface area contributed by atoms with Crippen LogP contribution < -0.4 is 10.2 Å². The molecule has 0 saturated carbocycles. The quantitative estimate of drug-likeness (QED) is 0.861. The Kier molecular flexibility index (Phi) is 3.54. The van der Waals surface area contributed by atoms with Crippen molar-refractivity contribution in [2.45, 2.75) is 0 Å². The Hall–Kier alpha value is -1.72. The second-order valence-corrected chi connectivity index (χ2v) is 5.03. The maximum Gasteiger partial charge on any atom is 0.339 e. The number of methoxy groups -OCH3 is 1. The highest BCUT2D eigenvalue weighted by atomic mass is 35.5. The van der Waals surface area contributed by atoms with E-state index in [1.54, 1.807) is 18.4 Å². The Bertz CT molecular complexity index is 647. The molecule has 1 aliphatic rings. The summed E-state index contributed by atoms with van der Waals surface area (Å²) in [6, 6.07) is 3.53. The van der Waals surface area contributed by atoms with E-state index in [0.717, 1.165) is 37.3 Å². The number of furan rings is 1.